The molecule has 0 unspecified atom stereocenters. The number of piperidine rings is 1. The summed E-state index contributed by atoms with van der Waals surface area (Å²) in [5, 5.41) is 18.9. The number of hydrogen-bond donors (Lipinski definition) is 3. The SMILES string of the molecule is COc1cc(C2CCN(C(=O)CCO)CC2)c(C)cc1NC1=NC2=CCN(C)N2C(Nc2ccccc2S(=O)(=O)C(C)C)=N1. The number of ether oxygens (including phenoxy) is 1. The number of likely N-dealkylation sites (N-methyl/N-ethyl adjacent to an activating group) is 1. The van der Waals surface area contributed by atoms with Gasteiger partial charge in [-0.1, -0.05) is 12.1 Å². The fourth-order valence-corrected chi connectivity index (χ4v) is 6.96. The molecule has 3 heterocycles. The van der Waals surface area contributed by atoms with Crippen LogP contribution >= 0.6 is 0 Å². The summed E-state index contributed by atoms with van der Waals surface area (Å²) in [6, 6.07) is 10.9. The summed E-state index contributed by atoms with van der Waals surface area (Å²) in [5.74, 6) is 2.32. The molecule has 3 N–H and O–H groups in total. The monoisotopic (exact) mass is 623 g/mol. The van der Waals surface area contributed by atoms with Gasteiger partial charge >= 0.3 is 0 Å². The highest BCUT2D eigenvalue weighted by Crippen LogP contribution is 2.37. The number of benzene rings is 2. The Morgan fingerprint density at radius 2 is 1.84 bits per heavy atom. The second kappa shape index (κ2) is 13.0. The van der Waals surface area contributed by atoms with Gasteiger partial charge in [-0.3, -0.25) is 4.79 Å². The van der Waals surface area contributed by atoms with Crippen molar-refractivity contribution in [1.82, 2.24) is 14.9 Å². The van der Waals surface area contributed by atoms with Gasteiger partial charge in [0, 0.05) is 33.1 Å². The van der Waals surface area contributed by atoms with Gasteiger partial charge in [0.1, 0.15) is 5.75 Å². The Labute approximate surface area is 259 Å². The van der Waals surface area contributed by atoms with Crippen molar-refractivity contribution >= 4 is 39.0 Å². The van der Waals surface area contributed by atoms with Crippen molar-refractivity contribution in [2.24, 2.45) is 9.98 Å². The summed E-state index contributed by atoms with van der Waals surface area (Å²) in [5.41, 5.74) is 3.39. The van der Waals surface area contributed by atoms with E-state index in [4.69, 9.17) is 19.8 Å². The summed E-state index contributed by atoms with van der Waals surface area (Å²) in [7, 11) is -0.0211. The van der Waals surface area contributed by atoms with Gasteiger partial charge in [-0.2, -0.15) is 9.98 Å². The van der Waals surface area contributed by atoms with Gasteiger partial charge in [0.2, 0.25) is 17.8 Å². The number of fused-ring (bicyclic) bond motifs is 1. The molecule has 1 amide bonds. The fraction of sp³-hybridized carbons (Fsp3) is 0.452. The molecule has 44 heavy (non-hydrogen) atoms. The first-order valence-corrected chi connectivity index (χ1v) is 16.4. The highest BCUT2D eigenvalue weighted by atomic mass is 32.2. The molecule has 1 fully saturated rings. The van der Waals surface area contributed by atoms with Crippen molar-refractivity contribution < 1.29 is 23.1 Å². The van der Waals surface area contributed by atoms with Crippen molar-refractivity contribution in [3.63, 3.8) is 0 Å². The number of aliphatic hydroxyl groups is 1. The molecule has 0 bridgehead atoms. The van der Waals surface area contributed by atoms with Crippen LogP contribution in [0.15, 0.2) is 63.2 Å². The summed E-state index contributed by atoms with van der Waals surface area (Å²) >= 11 is 0. The van der Waals surface area contributed by atoms with Crippen LogP contribution in [-0.4, -0.2) is 91.9 Å². The number of anilines is 2. The second-order valence-electron chi connectivity index (χ2n) is 11.5. The standard InChI is InChI=1S/C31H41N7O5S/c1-20(2)44(41,42)27-9-7-6-8-24(27)33-31-35-30(34-28-12-14-36(4)38(28)31)32-25-18-21(3)23(19-26(25)43-5)22-10-15-37(16-11-22)29(40)13-17-39/h6-9,12,18-20,22,39H,10-11,13-17H2,1-5H3,(H2,32,33,34,35). The first-order valence-electron chi connectivity index (χ1n) is 14.9. The number of guanidine groups is 2. The number of aliphatic imine (C=N–C) groups is 2. The van der Waals surface area contributed by atoms with Crippen LogP contribution in [0.4, 0.5) is 11.4 Å². The van der Waals surface area contributed by atoms with E-state index < -0.39 is 15.1 Å². The lowest BCUT2D eigenvalue weighted by atomic mass is 9.86. The van der Waals surface area contributed by atoms with Crippen molar-refractivity contribution in [3.8, 4) is 5.75 Å². The summed E-state index contributed by atoms with van der Waals surface area (Å²) in [6.07, 6.45) is 3.81. The number of likely N-dealkylation sites (tertiary alicyclic amines) is 1. The van der Waals surface area contributed by atoms with Gasteiger partial charge < -0.3 is 25.4 Å². The summed E-state index contributed by atoms with van der Waals surface area (Å²) < 4.78 is 32.0. The van der Waals surface area contributed by atoms with Gasteiger partial charge in [-0.15, -0.1) is 0 Å². The maximum Gasteiger partial charge on any atom is 0.232 e. The third-order valence-electron chi connectivity index (χ3n) is 8.24. The van der Waals surface area contributed by atoms with Crippen LogP contribution in [0.2, 0.25) is 0 Å². The molecule has 12 nitrogen and oxygen atoms in total. The Morgan fingerprint density at radius 3 is 2.52 bits per heavy atom. The van der Waals surface area contributed by atoms with Gasteiger partial charge in [-0.25, -0.2) is 18.4 Å². The molecule has 0 radical (unpaired) electrons. The van der Waals surface area contributed by atoms with Crippen LogP contribution in [0.1, 0.15) is 50.2 Å². The number of amides is 1. The first-order chi connectivity index (χ1) is 21.0. The van der Waals surface area contributed by atoms with Crippen molar-refractivity contribution in [2.75, 3.05) is 51.0 Å². The van der Waals surface area contributed by atoms with Crippen molar-refractivity contribution in [2.45, 2.75) is 56.1 Å². The number of hydrogen-bond acceptors (Lipinski definition) is 11. The van der Waals surface area contributed by atoms with E-state index >= 15 is 0 Å². The molecule has 5 rings (SSSR count). The number of methoxy groups -OCH3 is 1. The van der Waals surface area contributed by atoms with Crippen LogP contribution < -0.4 is 15.4 Å². The Balaban J connectivity index is 1.41. The Hall–Kier alpha value is -3.94. The average molecular weight is 624 g/mol. The normalized spacial score (nSPS) is 17.7. The Bertz CT molecular complexity index is 1610. The Kier molecular flexibility index (Phi) is 9.28. The molecule has 0 spiro atoms. The molecule has 0 aliphatic carbocycles. The minimum Gasteiger partial charge on any atom is -0.495 e. The van der Waals surface area contributed by atoms with E-state index in [0.717, 1.165) is 18.4 Å². The number of hydrazine groups is 1. The van der Waals surface area contributed by atoms with E-state index in [1.807, 2.05) is 40.2 Å². The smallest absolute Gasteiger partial charge is 0.232 e. The van der Waals surface area contributed by atoms with Gasteiger partial charge in [-0.05, 0) is 81.0 Å². The average Bonchev–Trinajstić information content (AvgIpc) is 3.38. The first kappa shape index (κ1) is 31.5. The van der Waals surface area contributed by atoms with E-state index in [0.29, 0.717) is 54.5 Å². The number of carbonyl (C=O) groups is 1. The lowest BCUT2D eigenvalue weighted by Gasteiger charge is -2.33. The summed E-state index contributed by atoms with van der Waals surface area (Å²) in [6.45, 7) is 7.19. The molecule has 2 aromatic carbocycles. The maximum atomic E-state index is 13.1. The highest BCUT2D eigenvalue weighted by Gasteiger charge is 2.32. The van der Waals surface area contributed by atoms with E-state index in [1.165, 1.54) is 5.56 Å². The molecule has 236 valence electrons. The molecule has 0 aromatic heterocycles. The highest BCUT2D eigenvalue weighted by molar-refractivity contribution is 7.92. The van der Waals surface area contributed by atoms with E-state index in [9.17, 15) is 13.2 Å². The largest absolute Gasteiger partial charge is 0.495 e. The zero-order valence-corrected chi connectivity index (χ0v) is 26.7. The van der Waals surface area contributed by atoms with Gasteiger partial charge in [0.25, 0.3) is 0 Å². The molecule has 0 atom stereocenters. The van der Waals surface area contributed by atoms with Gasteiger partial charge in [0.15, 0.2) is 15.7 Å². The molecule has 2 aromatic rings. The van der Waals surface area contributed by atoms with Gasteiger partial charge in [0.05, 0.1) is 35.2 Å². The molecule has 3 aliphatic rings. The number of nitrogens with one attached hydrogen (secondary N) is 2. The Morgan fingerprint density at radius 1 is 1.11 bits per heavy atom. The van der Waals surface area contributed by atoms with Crippen LogP contribution in [0.3, 0.4) is 0 Å². The molecule has 3 aliphatic heterocycles. The second-order valence-corrected chi connectivity index (χ2v) is 13.9. The maximum absolute atomic E-state index is 13.1. The minimum atomic E-state index is -3.55. The molecule has 13 heteroatoms. The zero-order valence-electron chi connectivity index (χ0n) is 25.9. The number of aliphatic hydroxyl groups excluding tert-OH is 1. The van der Waals surface area contributed by atoms with Crippen molar-refractivity contribution in [1.29, 1.82) is 0 Å². The van der Waals surface area contributed by atoms with Crippen LogP contribution in [-0.2, 0) is 14.6 Å². The van der Waals surface area contributed by atoms with Crippen LogP contribution in [0.5, 0.6) is 5.75 Å². The van der Waals surface area contributed by atoms with E-state index in [1.54, 1.807) is 45.2 Å². The number of para-hydroxylation sites is 1. The topological polar surface area (TPSA) is 139 Å². The fourth-order valence-electron chi connectivity index (χ4n) is 5.75. The third kappa shape index (κ3) is 6.30. The van der Waals surface area contributed by atoms with Crippen LogP contribution in [0, 0.1) is 6.92 Å². The zero-order chi connectivity index (χ0) is 31.6. The lowest BCUT2D eigenvalue weighted by Crippen LogP contribution is -2.45. The summed E-state index contributed by atoms with van der Waals surface area (Å²) in [4.78, 5) is 23.8. The molecular formula is C31H41N7O5S. The van der Waals surface area contributed by atoms with Crippen molar-refractivity contribution in [3.05, 3.63) is 59.4 Å². The number of aryl methyl sites for hydroxylation is 1. The number of rotatable bonds is 8. The predicted octanol–water partition coefficient (Wildman–Crippen LogP) is 3.53. The lowest BCUT2D eigenvalue weighted by molar-refractivity contribution is -0.132. The quantitative estimate of drug-likeness (QED) is 0.403. The van der Waals surface area contributed by atoms with E-state index in [2.05, 4.69) is 17.6 Å². The number of nitrogens with zero attached hydrogens (tertiary/aromatic N) is 5. The predicted molar refractivity (Wildman–Crippen MR) is 171 cm³/mol. The number of carbonyl (C=O) groups excluding carboxylic acids is 1. The molecule has 1 saturated heterocycles. The molecule has 0 saturated carbocycles. The minimum absolute atomic E-state index is 0.00496. The van der Waals surface area contributed by atoms with Crippen LogP contribution in [0.25, 0.3) is 0 Å². The number of sulfone groups is 1. The van der Waals surface area contributed by atoms with E-state index in [-0.39, 0.29) is 29.7 Å². The third-order valence-corrected chi connectivity index (χ3v) is 10.4. The molecular weight excluding hydrogens is 582 g/mol.